The van der Waals surface area contributed by atoms with Crippen LogP contribution in [0, 0.1) is 0 Å². The summed E-state index contributed by atoms with van der Waals surface area (Å²) in [5.74, 6) is 1.05. The Labute approximate surface area is 92.0 Å². The Bertz CT molecular complexity index is 345. The smallest absolute Gasteiger partial charge is 0.146 e. The first-order chi connectivity index (χ1) is 7.09. The Morgan fingerprint density at radius 2 is 2.33 bits per heavy atom. The molecule has 1 aromatic heterocycles. The first-order valence-corrected chi connectivity index (χ1v) is 6.35. The minimum atomic E-state index is -0.773. The van der Waals surface area contributed by atoms with Crippen LogP contribution in [-0.4, -0.2) is 32.2 Å². The van der Waals surface area contributed by atoms with Crippen LogP contribution in [0.3, 0.4) is 0 Å². The number of anilines is 2. The van der Waals surface area contributed by atoms with E-state index in [1.54, 1.807) is 12.5 Å². The van der Waals surface area contributed by atoms with Crippen molar-refractivity contribution in [2.24, 2.45) is 0 Å². The van der Waals surface area contributed by atoms with E-state index >= 15 is 0 Å². The summed E-state index contributed by atoms with van der Waals surface area (Å²) in [6.45, 7) is 2.68. The van der Waals surface area contributed by atoms with Crippen LogP contribution in [0.2, 0.25) is 0 Å². The predicted octanol–water partition coefficient (Wildman–Crippen LogP) is 0.628. The third-order valence-corrected chi connectivity index (χ3v) is 3.45. The second-order valence-electron chi connectivity index (χ2n) is 3.35. The van der Waals surface area contributed by atoms with Gasteiger partial charge in [-0.2, -0.15) is 0 Å². The number of hydrogen-bond donors (Lipinski definition) is 2. The molecule has 3 N–H and O–H groups in total. The van der Waals surface area contributed by atoms with Gasteiger partial charge in [0.05, 0.1) is 12.4 Å². The van der Waals surface area contributed by atoms with Crippen LogP contribution in [0.15, 0.2) is 12.4 Å². The zero-order valence-electron chi connectivity index (χ0n) is 8.93. The Hall–Kier alpha value is -1.17. The Kier molecular flexibility index (Phi) is 4.48. The minimum absolute atomic E-state index is 0.187. The summed E-state index contributed by atoms with van der Waals surface area (Å²) in [4.78, 5) is 7.95. The number of nitrogens with two attached hydrogens (primary N) is 1. The van der Waals surface area contributed by atoms with E-state index in [-0.39, 0.29) is 5.25 Å². The Morgan fingerprint density at radius 3 is 2.93 bits per heavy atom. The molecule has 0 saturated carbocycles. The largest absolute Gasteiger partial charge is 0.382 e. The van der Waals surface area contributed by atoms with Crippen molar-refractivity contribution in [1.29, 1.82) is 0 Å². The molecule has 6 heteroatoms. The van der Waals surface area contributed by atoms with Crippen molar-refractivity contribution in [2.45, 2.75) is 18.6 Å². The number of nitrogen functional groups attached to an aromatic ring is 1. The van der Waals surface area contributed by atoms with Gasteiger partial charge >= 0.3 is 0 Å². The number of hydrogen-bond acceptors (Lipinski definition) is 5. The van der Waals surface area contributed by atoms with Gasteiger partial charge in [-0.05, 0) is 6.42 Å². The van der Waals surface area contributed by atoms with Gasteiger partial charge in [-0.1, -0.05) is 6.92 Å². The molecule has 0 aliphatic rings. The summed E-state index contributed by atoms with van der Waals surface area (Å²) in [7, 11) is -0.773. The third kappa shape index (κ3) is 4.24. The van der Waals surface area contributed by atoms with Crippen LogP contribution < -0.4 is 11.1 Å². The van der Waals surface area contributed by atoms with E-state index in [1.807, 2.05) is 6.92 Å². The topological polar surface area (TPSA) is 80.9 Å². The van der Waals surface area contributed by atoms with E-state index in [9.17, 15) is 4.21 Å². The Balaban J connectivity index is 2.35. The zero-order chi connectivity index (χ0) is 11.3. The lowest BCUT2D eigenvalue weighted by Gasteiger charge is -2.09. The van der Waals surface area contributed by atoms with Crippen LogP contribution >= 0.6 is 0 Å². The maximum atomic E-state index is 11.1. The van der Waals surface area contributed by atoms with Gasteiger partial charge in [0, 0.05) is 28.9 Å². The molecule has 0 amide bonds. The Morgan fingerprint density at radius 1 is 1.60 bits per heavy atom. The standard InChI is InChI=1S/C9H16N4OS/c1-7(15(2)14)3-4-12-9-6-11-5-8(10)13-9/h5-7H,3-4H2,1-2H3,(H3,10,12,13). The molecule has 1 heterocycles. The summed E-state index contributed by atoms with van der Waals surface area (Å²) >= 11 is 0. The lowest BCUT2D eigenvalue weighted by molar-refractivity contribution is 0.672. The highest BCUT2D eigenvalue weighted by Gasteiger charge is 2.05. The lowest BCUT2D eigenvalue weighted by Crippen LogP contribution is -2.15. The molecule has 0 bridgehead atoms. The third-order valence-electron chi connectivity index (χ3n) is 2.08. The fourth-order valence-electron chi connectivity index (χ4n) is 1.04. The first kappa shape index (κ1) is 11.9. The van der Waals surface area contributed by atoms with Crippen LogP contribution in [0.25, 0.3) is 0 Å². The predicted molar refractivity (Wildman–Crippen MR) is 63.1 cm³/mol. The van der Waals surface area contributed by atoms with Gasteiger partial charge in [0.25, 0.3) is 0 Å². The number of aromatic nitrogens is 2. The molecule has 0 radical (unpaired) electrons. The molecule has 0 fully saturated rings. The maximum absolute atomic E-state index is 11.1. The fraction of sp³-hybridized carbons (Fsp3) is 0.556. The second kappa shape index (κ2) is 5.65. The number of rotatable bonds is 5. The molecule has 5 nitrogen and oxygen atoms in total. The van der Waals surface area contributed by atoms with Crippen molar-refractivity contribution in [3.05, 3.63) is 12.4 Å². The van der Waals surface area contributed by atoms with Gasteiger partial charge in [0.15, 0.2) is 0 Å². The molecule has 1 aromatic rings. The van der Waals surface area contributed by atoms with E-state index in [1.165, 1.54) is 6.20 Å². The van der Waals surface area contributed by atoms with Gasteiger partial charge in [0.1, 0.15) is 11.6 Å². The molecule has 15 heavy (non-hydrogen) atoms. The number of nitrogens with one attached hydrogen (secondary N) is 1. The molecule has 0 aliphatic heterocycles. The normalized spacial score (nSPS) is 14.5. The SMILES string of the molecule is CC(CCNc1cncc(N)n1)S(C)=O. The van der Waals surface area contributed by atoms with E-state index in [2.05, 4.69) is 15.3 Å². The zero-order valence-corrected chi connectivity index (χ0v) is 9.75. The van der Waals surface area contributed by atoms with Crippen LogP contribution in [0.4, 0.5) is 11.6 Å². The molecule has 0 aromatic carbocycles. The minimum Gasteiger partial charge on any atom is -0.382 e. The van der Waals surface area contributed by atoms with E-state index in [4.69, 9.17) is 5.73 Å². The highest BCUT2D eigenvalue weighted by atomic mass is 32.2. The number of nitrogens with zero attached hydrogens (tertiary/aromatic N) is 2. The fourth-order valence-corrected chi connectivity index (χ4v) is 1.49. The summed E-state index contributed by atoms with van der Waals surface area (Å²) in [6.07, 6.45) is 5.66. The van der Waals surface area contributed by atoms with Crippen LogP contribution in [-0.2, 0) is 10.8 Å². The highest BCUT2D eigenvalue weighted by Crippen LogP contribution is 2.04. The van der Waals surface area contributed by atoms with E-state index in [0.717, 1.165) is 13.0 Å². The molecule has 2 unspecified atom stereocenters. The summed E-state index contributed by atoms with van der Waals surface area (Å²) in [5.41, 5.74) is 5.48. The summed E-state index contributed by atoms with van der Waals surface area (Å²) in [6, 6.07) is 0. The molecular weight excluding hydrogens is 212 g/mol. The molecule has 84 valence electrons. The molecule has 0 aliphatic carbocycles. The lowest BCUT2D eigenvalue weighted by atomic mass is 10.3. The van der Waals surface area contributed by atoms with Crippen molar-refractivity contribution in [3.63, 3.8) is 0 Å². The molecule has 0 saturated heterocycles. The van der Waals surface area contributed by atoms with Crippen molar-refractivity contribution in [3.8, 4) is 0 Å². The quantitative estimate of drug-likeness (QED) is 0.772. The van der Waals surface area contributed by atoms with Crippen LogP contribution in [0.1, 0.15) is 13.3 Å². The van der Waals surface area contributed by atoms with Gasteiger partial charge in [-0.25, -0.2) is 4.98 Å². The van der Waals surface area contributed by atoms with E-state index < -0.39 is 10.8 Å². The first-order valence-electron chi connectivity index (χ1n) is 4.73. The van der Waals surface area contributed by atoms with Gasteiger partial charge in [-0.15, -0.1) is 0 Å². The van der Waals surface area contributed by atoms with Gasteiger partial charge < -0.3 is 11.1 Å². The van der Waals surface area contributed by atoms with Crippen molar-refractivity contribution < 1.29 is 4.21 Å². The highest BCUT2D eigenvalue weighted by molar-refractivity contribution is 7.84. The van der Waals surface area contributed by atoms with Crippen molar-refractivity contribution in [1.82, 2.24) is 9.97 Å². The molecule has 1 rings (SSSR count). The van der Waals surface area contributed by atoms with Crippen molar-refractivity contribution >= 4 is 22.4 Å². The average molecular weight is 228 g/mol. The maximum Gasteiger partial charge on any atom is 0.146 e. The monoisotopic (exact) mass is 228 g/mol. The van der Waals surface area contributed by atoms with Gasteiger partial charge in [0.2, 0.25) is 0 Å². The molecular formula is C9H16N4OS. The summed E-state index contributed by atoms with van der Waals surface area (Å²) in [5, 5.41) is 3.27. The average Bonchev–Trinajstić information content (AvgIpc) is 2.17. The van der Waals surface area contributed by atoms with E-state index in [0.29, 0.717) is 11.6 Å². The van der Waals surface area contributed by atoms with Crippen LogP contribution in [0.5, 0.6) is 0 Å². The van der Waals surface area contributed by atoms with Crippen molar-refractivity contribution in [2.75, 3.05) is 23.9 Å². The molecule has 0 spiro atoms. The summed E-state index contributed by atoms with van der Waals surface area (Å²) < 4.78 is 11.1. The molecule has 2 atom stereocenters. The second-order valence-corrected chi connectivity index (χ2v) is 5.16. The van der Waals surface area contributed by atoms with Gasteiger partial charge in [-0.3, -0.25) is 9.19 Å².